The van der Waals surface area contributed by atoms with Crippen molar-refractivity contribution >= 4 is 12.0 Å². The van der Waals surface area contributed by atoms with Gasteiger partial charge in [0.05, 0.1) is 12.4 Å². The molecule has 3 rings (SSSR count). The molecule has 2 heterocycles. The van der Waals surface area contributed by atoms with Crippen molar-refractivity contribution in [1.29, 1.82) is 0 Å². The number of ether oxygens (including phenoxy) is 2. The van der Waals surface area contributed by atoms with Gasteiger partial charge in [-0.25, -0.2) is 19.2 Å². The van der Waals surface area contributed by atoms with Crippen LogP contribution >= 0.6 is 0 Å². The number of rotatable bonds is 3. The van der Waals surface area contributed by atoms with E-state index in [-0.39, 0.29) is 11.9 Å². The Morgan fingerprint density at radius 1 is 1.07 bits per heavy atom. The normalized spacial score (nSPS) is 15.1. The van der Waals surface area contributed by atoms with Crippen LogP contribution in [0.4, 0.5) is 15.1 Å². The van der Waals surface area contributed by atoms with Gasteiger partial charge < -0.3 is 19.3 Å². The van der Waals surface area contributed by atoms with Crippen LogP contribution in [0.15, 0.2) is 36.7 Å². The Kier molecular flexibility index (Phi) is 5.96. The van der Waals surface area contributed by atoms with Crippen molar-refractivity contribution in [3.05, 3.63) is 42.5 Å². The molecule has 8 heteroatoms. The number of hydrogen-bond donors (Lipinski definition) is 0. The molecule has 0 radical (unpaired) electrons. The molecule has 1 amide bonds. The fraction of sp³-hybridized carbons (Fsp3) is 0.450. The first-order chi connectivity index (χ1) is 13.3. The molecular formula is C20H25FN4O3. The van der Waals surface area contributed by atoms with E-state index in [0.29, 0.717) is 37.1 Å². The molecule has 0 bridgehead atoms. The molecule has 1 saturated heterocycles. The van der Waals surface area contributed by atoms with E-state index in [1.54, 1.807) is 29.4 Å². The lowest BCUT2D eigenvalue weighted by Crippen LogP contribution is -2.39. The van der Waals surface area contributed by atoms with Crippen LogP contribution in [0.25, 0.3) is 0 Å². The Morgan fingerprint density at radius 2 is 1.82 bits per heavy atom. The maximum Gasteiger partial charge on any atom is 0.410 e. The van der Waals surface area contributed by atoms with Crippen molar-refractivity contribution in [3.8, 4) is 11.5 Å². The molecule has 7 nitrogen and oxygen atoms in total. The highest BCUT2D eigenvalue weighted by atomic mass is 19.1. The lowest BCUT2D eigenvalue weighted by molar-refractivity contribution is 0.0263. The Labute approximate surface area is 164 Å². The van der Waals surface area contributed by atoms with E-state index < -0.39 is 5.60 Å². The molecule has 1 aromatic heterocycles. The number of carbonyl (C=O) groups excluding carboxylic acids is 1. The lowest BCUT2D eigenvalue weighted by Gasteiger charge is -2.26. The topological polar surface area (TPSA) is 67.8 Å². The van der Waals surface area contributed by atoms with Crippen molar-refractivity contribution < 1.29 is 18.7 Å². The monoisotopic (exact) mass is 388 g/mol. The van der Waals surface area contributed by atoms with Crippen LogP contribution in [0.5, 0.6) is 11.5 Å². The summed E-state index contributed by atoms with van der Waals surface area (Å²) in [6.07, 6.45) is 3.62. The van der Waals surface area contributed by atoms with Gasteiger partial charge in [0.25, 0.3) is 0 Å². The standard InChI is InChI=1S/C20H25FN4O3/c1-20(2,3)28-19(26)25-9-5-8-24(10-11-25)18-22-13-17(14-23-18)27-16-7-4-6-15(21)12-16/h4,6-7,12-14H,5,8-11H2,1-3H3. The Morgan fingerprint density at radius 3 is 2.50 bits per heavy atom. The van der Waals surface area contributed by atoms with E-state index in [1.807, 2.05) is 25.7 Å². The quantitative estimate of drug-likeness (QED) is 0.796. The van der Waals surface area contributed by atoms with E-state index in [2.05, 4.69) is 9.97 Å². The highest BCUT2D eigenvalue weighted by Crippen LogP contribution is 2.22. The summed E-state index contributed by atoms with van der Waals surface area (Å²) in [6.45, 7) is 8.10. The Bertz CT molecular complexity index is 808. The molecule has 28 heavy (non-hydrogen) atoms. The SMILES string of the molecule is CC(C)(C)OC(=O)N1CCCN(c2ncc(Oc3cccc(F)c3)cn2)CC1. The van der Waals surface area contributed by atoms with Gasteiger partial charge in [-0.1, -0.05) is 6.07 Å². The summed E-state index contributed by atoms with van der Waals surface area (Å²) in [5.41, 5.74) is -0.510. The zero-order valence-electron chi connectivity index (χ0n) is 16.4. The molecule has 2 aromatic rings. The zero-order chi connectivity index (χ0) is 20.1. The number of aromatic nitrogens is 2. The van der Waals surface area contributed by atoms with Crippen LogP contribution in [0, 0.1) is 5.82 Å². The number of benzene rings is 1. The van der Waals surface area contributed by atoms with E-state index in [1.165, 1.54) is 12.1 Å². The number of nitrogens with zero attached hydrogens (tertiary/aromatic N) is 4. The number of amides is 1. The van der Waals surface area contributed by atoms with Crippen LogP contribution in [0.2, 0.25) is 0 Å². The van der Waals surface area contributed by atoms with Gasteiger partial charge in [-0.05, 0) is 39.3 Å². The smallest absolute Gasteiger partial charge is 0.410 e. The first-order valence-corrected chi connectivity index (χ1v) is 9.28. The van der Waals surface area contributed by atoms with Crippen molar-refractivity contribution in [2.45, 2.75) is 32.8 Å². The fourth-order valence-electron chi connectivity index (χ4n) is 2.82. The predicted molar refractivity (Wildman–Crippen MR) is 103 cm³/mol. The van der Waals surface area contributed by atoms with Crippen LogP contribution in [-0.2, 0) is 4.74 Å². The van der Waals surface area contributed by atoms with Gasteiger partial charge in [0.2, 0.25) is 5.95 Å². The third-order valence-corrected chi connectivity index (χ3v) is 4.08. The molecule has 1 aliphatic heterocycles. The summed E-state index contributed by atoms with van der Waals surface area (Å²) in [5.74, 6) is 1.02. The maximum absolute atomic E-state index is 13.2. The number of halogens is 1. The van der Waals surface area contributed by atoms with Crippen LogP contribution in [0.1, 0.15) is 27.2 Å². The number of anilines is 1. The van der Waals surface area contributed by atoms with Gasteiger partial charge in [-0.3, -0.25) is 0 Å². The average molecular weight is 388 g/mol. The molecule has 0 spiro atoms. The summed E-state index contributed by atoms with van der Waals surface area (Å²) in [5, 5.41) is 0. The summed E-state index contributed by atoms with van der Waals surface area (Å²) >= 11 is 0. The Hall–Kier alpha value is -2.90. The summed E-state index contributed by atoms with van der Waals surface area (Å²) in [6, 6.07) is 5.89. The molecule has 0 atom stereocenters. The average Bonchev–Trinajstić information content (AvgIpc) is 2.87. The number of carbonyl (C=O) groups is 1. The molecule has 1 fully saturated rings. The summed E-state index contributed by atoms with van der Waals surface area (Å²) in [4.78, 5) is 24.7. The van der Waals surface area contributed by atoms with Crippen molar-refractivity contribution in [3.63, 3.8) is 0 Å². The third kappa shape index (κ3) is 5.55. The summed E-state index contributed by atoms with van der Waals surface area (Å²) in [7, 11) is 0. The van der Waals surface area contributed by atoms with Crippen LogP contribution in [-0.4, -0.2) is 52.7 Å². The minimum atomic E-state index is -0.510. The maximum atomic E-state index is 13.2. The minimum absolute atomic E-state index is 0.297. The highest BCUT2D eigenvalue weighted by Gasteiger charge is 2.25. The third-order valence-electron chi connectivity index (χ3n) is 4.08. The largest absolute Gasteiger partial charge is 0.454 e. The van der Waals surface area contributed by atoms with Crippen molar-refractivity contribution in [1.82, 2.24) is 14.9 Å². The van der Waals surface area contributed by atoms with Gasteiger partial charge in [-0.2, -0.15) is 0 Å². The highest BCUT2D eigenvalue weighted by molar-refractivity contribution is 5.68. The second-order valence-electron chi connectivity index (χ2n) is 7.59. The number of hydrogen-bond acceptors (Lipinski definition) is 6. The molecule has 0 unspecified atom stereocenters. The fourth-order valence-corrected chi connectivity index (χ4v) is 2.82. The molecular weight excluding hydrogens is 363 g/mol. The zero-order valence-corrected chi connectivity index (χ0v) is 16.4. The van der Waals surface area contributed by atoms with E-state index in [4.69, 9.17) is 9.47 Å². The van der Waals surface area contributed by atoms with Gasteiger partial charge >= 0.3 is 6.09 Å². The first-order valence-electron chi connectivity index (χ1n) is 9.28. The van der Waals surface area contributed by atoms with Gasteiger partial charge in [0.15, 0.2) is 5.75 Å². The molecule has 150 valence electrons. The van der Waals surface area contributed by atoms with Crippen molar-refractivity contribution in [2.24, 2.45) is 0 Å². The predicted octanol–water partition coefficient (Wildman–Crippen LogP) is 3.86. The molecule has 0 saturated carbocycles. The van der Waals surface area contributed by atoms with Crippen molar-refractivity contribution in [2.75, 3.05) is 31.1 Å². The second kappa shape index (κ2) is 8.41. The van der Waals surface area contributed by atoms with E-state index in [0.717, 1.165) is 13.0 Å². The molecule has 1 aromatic carbocycles. The second-order valence-corrected chi connectivity index (χ2v) is 7.59. The van der Waals surface area contributed by atoms with Crippen LogP contribution in [0.3, 0.4) is 0 Å². The molecule has 1 aliphatic rings. The van der Waals surface area contributed by atoms with E-state index in [9.17, 15) is 9.18 Å². The first kappa shape index (κ1) is 19.9. The Balaban J connectivity index is 1.59. The molecule has 0 N–H and O–H groups in total. The van der Waals surface area contributed by atoms with Gasteiger partial charge in [0.1, 0.15) is 17.2 Å². The lowest BCUT2D eigenvalue weighted by atomic mass is 10.2. The minimum Gasteiger partial charge on any atom is -0.454 e. The van der Waals surface area contributed by atoms with Gasteiger partial charge in [0, 0.05) is 32.2 Å². The molecule has 0 aliphatic carbocycles. The van der Waals surface area contributed by atoms with E-state index >= 15 is 0 Å². The van der Waals surface area contributed by atoms with Crippen LogP contribution < -0.4 is 9.64 Å². The van der Waals surface area contributed by atoms with Gasteiger partial charge in [-0.15, -0.1) is 0 Å². The summed E-state index contributed by atoms with van der Waals surface area (Å²) < 4.78 is 24.3.